The molecule has 1 aliphatic rings. The van der Waals surface area contributed by atoms with Gasteiger partial charge < -0.3 is 18.9 Å². The number of aromatic nitrogens is 2. The van der Waals surface area contributed by atoms with Crippen LogP contribution in [0.4, 0.5) is 6.01 Å². The smallest absolute Gasteiger partial charge is 0.315 e. The van der Waals surface area contributed by atoms with Crippen LogP contribution < -0.4 is 10.1 Å². The molecule has 0 bridgehead atoms. The normalized spacial score (nSPS) is 16.3. The van der Waals surface area contributed by atoms with Crippen molar-refractivity contribution in [1.29, 1.82) is 0 Å². The van der Waals surface area contributed by atoms with E-state index in [0.717, 1.165) is 29.1 Å². The number of hydrogen-bond acceptors (Lipinski definition) is 6. The molecule has 0 saturated heterocycles. The number of fused-ring (bicyclic) bond motifs is 1. The number of anilines is 1. The van der Waals surface area contributed by atoms with E-state index >= 15 is 0 Å². The van der Waals surface area contributed by atoms with Crippen molar-refractivity contribution < 1.29 is 13.6 Å². The first-order valence-corrected chi connectivity index (χ1v) is 7.14. The van der Waals surface area contributed by atoms with E-state index in [2.05, 4.69) is 15.5 Å². The lowest BCUT2D eigenvalue weighted by molar-refractivity contribution is 0.199. The molecule has 3 aromatic rings. The summed E-state index contributed by atoms with van der Waals surface area (Å²) >= 11 is 0. The lowest BCUT2D eigenvalue weighted by Crippen LogP contribution is -2.03. The molecular formula is C16H15N3O3. The number of furan rings is 1. The van der Waals surface area contributed by atoms with Crippen LogP contribution in [0.25, 0.3) is 0 Å². The second-order valence-electron chi connectivity index (χ2n) is 5.24. The van der Waals surface area contributed by atoms with Crippen LogP contribution >= 0.6 is 0 Å². The number of rotatable bonds is 4. The third-order valence-electron chi connectivity index (χ3n) is 3.73. The van der Waals surface area contributed by atoms with E-state index in [9.17, 15) is 0 Å². The van der Waals surface area contributed by atoms with Gasteiger partial charge in [-0.1, -0.05) is 23.3 Å². The van der Waals surface area contributed by atoms with Crippen molar-refractivity contribution in [1.82, 2.24) is 10.2 Å². The summed E-state index contributed by atoms with van der Waals surface area (Å²) in [6, 6.07) is 10.2. The highest BCUT2D eigenvalue weighted by atomic mass is 16.5. The van der Waals surface area contributed by atoms with Crippen LogP contribution in [0.2, 0.25) is 0 Å². The highest BCUT2D eigenvalue weighted by Gasteiger charge is 2.28. The van der Waals surface area contributed by atoms with Crippen LogP contribution in [0.5, 0.6) is 5.75 Å². The zero-order valence-electron chi connectivity index (χ0n) is 12.1. The third-order valence-corrected chi connectivity index (χ3v) is 3.73. The summed E-state index contributed by atoms with van der Waals surface area (Å²) in [6.07, 6.45) is 2.19. The third kappa shape index (κ3) is 2.32. The van der Waals surface area contributed by atoms with Crippen molar-refractivity contribution in [2.75, 3.05) is 5.32 Å². The Morgan fingerprint density at radius 3 is 2.95 bits per heavy atom. The molecule has 6 heteroatoms. The summed E-state index contributed by atoms with van der Waals surface area (Å²) in [6.45, 7) is 2.50. The minimum Gasteiger partial charge on any atom is -0.480 e. The van der Waals surface area contributed by atoms with Crippen molar-refractivity contribution >= 4 is 6.01 Å². The molecule has 1 atom stereocenters. The van der Waals surface area contributed by atoms with E-state index in [0.29, 0.717) is 18.5 Å². The van der Waals surface area contributed by atoms with E-state index in [1.165, 1.54) is 0 Å². The Labute approximate surface area is 127 Å². The molecule has 1 N–H and O–H groups in total. The van der Waals surface area contributed by atoms with Crippen LogP contribution in [0, 0.1) is 6.92 Å². The van der Waals surface area contributed by atoms with E-state index < -0.39 is 0 Å². The Balaban J connectivity index is 1.43. The van der Waals surface area contributed by atoms with Crippen molar-refractivity contribution in [3.05, 3.63) is 59.4 Å². The molecule has 6 nitrogen and oxygen atoms in total. The zero-order chi connectivity index (χ0) is 14.9. The average Bonchev–Trinajstić information content (AvgIpc) is 3.24. The van der Waals surface area contributed by atoms with Crippen molar-refractivity contribution in [3.8, 4) is 5.75 Å². The lowest BCUT2D eigenvalue weighted by atomic mass is 10.1. The minimum atomic E-state index is -0.217. The van der Waals surface area contributed by atoms with Gasteiger partial charge in [0.2, 0.25) is 0 Å². The molecule has 112 valence electrons. The molecule has 0 saturated carbocycles. The largest absolute Gasteiger partial charge is 0.480 e. The van der Waals surface area contributed by atoms with Gasteiger partial charge in [-0.2, -0.15) is 0 Å². The Morgan fingerprint density at radius 1 is 1.23 bits per heavy atom. The molecule has 0 fully saturated rings. The summed E-state index contributed by atoms with van der Waals surface area (Å²) in [4.78, 5) is 0. The predicted molar refractivity (Wildman–Crippen MR) is 78.6 cm³/mol. The molecular weight excluding hydrogens is 282 g/mol. The number of nitrogens with zero attached hydrogens (tertiary/aromatic N) is 2. The fourth-order valence-corrected chi connectivity index (χ4v) is 2.50. The van der Waals surface area contributed by atoms with E-state index in [1.807, 2.05) is 37.3 Å². The highest BCUT2D eigenvalue weighted by molar-refractivity contribution is 5.38. The topological polar surface area (TPSA) is 73.3 Å². The van der Waals surface area contributed by atoms with Gasteiger partial charge in [0.15, 0.2) is 6.10 Å². The van der Waals surface area contributed by atoms with Crippen LogP contribution in [-0.2, 0) is 13.0 Å². The van der Waals surface area contributed by atoms with Crippen LogP contribution in [0.1, 0.15) is 28.9 Å². The van der Waals surface area contributed by atoms with Gasteiger partial charge in [-0.05, 0) is 30.2 Å². The molecule has 0 spiro atoms. The number of hydrogen-bond donors (Lipinski definition) is 1. The van der Waals surface area contributed by atoms with E-state index in [1.54, 1.807) is 6.26 Å². The summed E-state index contributed by atoms with van der Waals surface area (Å²) < 4.78 is 16.8. The SMILES string of the molecule is Cc1ccoc1CNc1nnc(C2Cc3ccccc3O2)o1. The van der Waals surface area contributed by atoms with Crippen LogP contribution in [-0.4, -0.2) is 10.2 Å². The maximum absolute atomic E-state index is 5.83. The fourth-order valence-electron chi connectivity index (χ4n) is 2.50. The number of ether oxygens (including phenoxy) is 1. The van der Waals surface area contributed by atoms with Crippen molar-refractivity contribution in [2.45, 2.75) is 26.0 Å². The Kier molecular flexibility index (Phi) is 3.07. The highest BCUT2D eigenvalue weighted by Crippen LogP contribution is 2.36. The summed E-state index contributed by atoms with van der Waals surface area (Å²) in [5.74, 6) is 2.21. The van der Waals surface area contributed by atoms with Crippen LogP contribution in [0.15, 0.2) is 45.4 Å². The molecule has 0 radical (unpaired) electrons. The van der Waals surface area contributed by atoms with Gasteiger partial charge in [0.1, 0.15) is 11.5 Å². The van der Waals surface area contributed by atoms with Gasteiger partial charge in [0.05, 0.1) is 12.8 Å². The van der Waals surface area contributed by atoms with Gasteiger partial charge in [-0.15, -0.1) is 5.10 Å². The van der Waals surface area contributed by atoms with E-state index in [-0.39, 0.29) is 6.10 Å². The standard InChI is InChI=1S/C16H15N3O3/c1-10-6-7-20-14(10)9-17-16-19-18-15(22-16)13-8-11-4-2-3-5-12(11)21-13/h2-7,13H,8-9H2,1H3,(H,17,19). The maximum atomic E-state index is 5.83. The molecule has 1 aromatic carbocycles. The summed E-state index contributed by atoms with van der Waals surface area (Å²) in [7, 11) is 0. The Hall–Kier alpha value is -2.76. The van der Waals surface area contributed by atoms with Gasteiger partial charge in [0.25, 0.3) is 5.89 Å². The molecule has 22 heavy (non-hydrogen) atoms. The second-order valence-corrected chi connectivity index (χ2v) is 5.24. The first-order valence-electron chi connectivity index (χ1n) is 7.14. The Bertz CT molecular complexity index is 768. The van der Waals surface area contributed by atoms with Gasteiger partial charge >= 0.3 is 6.01 Å². The van der Waals surface area contributed by atoms with Gasteiger partial charge in [-0.25, -0.2) is 0 Å². The minimum absolute atomic E-state index is 0.217. The van der Waals surface area contributed by atoms with Gasteiger partial charge in [0, 0.05) is 6.42 Å². The maximum Gasteiger partial charge on any atom is 0.315 e. The molecule has 0 aliphatic carbocycles. The fraction of sp³-hybridized carbons (Fsp3) is 0.250. The van der Waals surface area contributed by atoms with Crippen LogP contribution in [0.3, 0.4) is 0 Å². The number of para-hydroxylation sites is 1. The van der Waals surface area contributed by atoms with E-state index in [4.69, 9.17) is 13.6 Å². The number of benzene rings is 1. The van der Waals surface area contributed by atoms with Gasteiger partial charge in [-0.3, -0.25) is 0 Å². The molecule has 0 amide bonds. The zero-order valence-corrected chi connectivity index (χ0v) is 12.1. The molecule has 1 aliphatic heterocycles. The molecule has 2 aromatic heterocycles. The number of aryl methyl sites for hydroxylation is 1. The monoisotopic (exact) mass is 297 g/mol. The Morgan fingerprint density at radius 2 is 2.14 bits per heavy atom. The quantitative estimate of drug-likeness (QED) is 0.796. The first-order chi connectivity index (χ1) is 10.8. The number of nitrogens with one attached hydrogen (secondary N) is 1. The first kappa shape index (κ1) is 12.9. The predicted octanol–water partition coefficient (Wildman–Crippen LogP) is 3.26. The van der Waals surface area contributed by atoms with Crippen molar-refractivity contribution in [2.24, 2.45) is 0 Å². The molecule has 3 heterocycles. The molecule has 1 unspecified atom stereocenters. The second kappa shape index (κ2) is 5.22. The summed E-state index contributed by atoms with van der Waals surface area (Å²) in [5, 5.41) is 11.1. The van der Waals surface area contributed by atoms with Crippen molar-refractivity contribution in [3.63, 3.8) is 0 Å². The lowest BCUT2D eigenvalue weighted by Gasteiger charge is -2.04. The average molecular weight is 297 g/mol. The molecule has 4 rings (SSSR count). The summed E-state index contributed by atoms with van der Waals surface area (Å²) in [5.41, 5.74) is 2.24.